The summed E-state index contributed by atoms with van der Waals surface area (Å²) in [6.07, 6.45) is 1.90. The average Bonchev–Trinajstić information content (AvgIpc) is 3.28. The molecule has 108 valence electrons. The molecule has 0 bridgehead atoms. The van der Waals surface area contributed by atoms with Crippen LogP contribution in [-0.2, 0) is 0 Å². The molecule has 0 unspecified atom stereocenters. The Bertz CT molecular complexity index is 798. The van der Waals surface area contributed by atoms with Gasteiger partial charge < -0.3 is 15.7 Å². The normalized spacial score (nSPS) is 14.1. The third-order valence-corrected chi connectivity index (χ3v) is 3.60. The molecule has 6 heteroatoms. The zero-order valence-electron chi connectivity index (χ0n) is 11.4. The minimum Gasteiger partial charge on any atom is -0.505 e. The van der Waals surface area contributed by atoms with Crippen molar-refractivity contribution in [2.75, 3.05) is 5.32 Å². The topological polar surface area (TPSA) is 95.5 Å². The van der Waals surface area contributed by atoms with Gasteiger partial charge in [-0.2, -0.15) is 0 Å². The summed E-state index contributed by atoms with van der Waals surface area (Å²) in [6.45, 7) is 1.53. The lowest BCUT2D eigenvalue weighted by atomic mass is 10.1. The Hall–Kier alpha value is -2.63. The minimum absolute atomic E-state index is 0.142. The van der Waals surface area contributed by atoms with Gasteiger partial charge in [0.2, 0.25) is 10.9 Å². The van der Waals surface area contributed by atoms with E-state index in [1.807, 2.05) is 0 Å². The molecule has 0 spiro atoms. The van der Waals surface area contributed by atoms with Crippen LogP contribution in [0.2, 0.25) is 0 Å². The fourth-order valence-corrected chi connectivity index (χ4v) is 2.11. The zero-order valence-corrected chi connectivity index (χ0v) is 11.4. The molecule has 0 radical (unpaired) electrons. The van der Waals surface area contributed by atoms with Gasteiger partial charge in [0.1, 0.15) is 0 Å². The standard InChI is InChI=1S/C15H14N2O4/c1-7-11(14(20)12(7)18)17-10-4-2-3-9(13(10)19)15(21)16-8-5-6-8/h2-4,8,17,19H,5-6H2,1H3,(H,16,21). The number of para-hydroxylation sites is 1. The number of carbonyl (C=O) groups excluding carboxylic acids is 1. The van der Waals surface area contributed by atoms with Crippen molar-refractivity contribution in [2.45, 2.75) is 25.8 Å². The predicted molar refractivity (Wildman–Crippen MR) is 78.0 cm³/mol. The SMILES string of the molecule is Cc1c(Nc2cccc(C(=O)NC3CC3)c2O)c(=O)c1=O. The summed E-state index contributed by atoms with van der Waals surface area (Å²) in [7, 11) is 0. The average molecular weight is 286 g/mol. The van der Waals surface area contributed by atoms with Gasteiger partial charge in [-0.1, -0.05) is 6.07 Å². The molecule has 1 saturated carbocycles. The van der Waals surface area contributed by atoms with E-state index in [0.29, 0.717) is 5.56 Å². The first-order valence-corrected chi connectivity index (χ1v) is 6.69. The van der Waals surface area contributed by atoms with Gasteiger partial charge in [0.05, 0.1) is 16.9 Å². The number of benzene rings is 1. The Kier molecular flexibility index (Phi) is 3.01. The Balaban J connectivity index is 1.88. The Labute approximate surface area is 120 Å². The van der Waals surface area contributed by atoms with Crippen LogP contribution in [0.5, 0.6) is 5.75 Å². The quantitative estimate of drug-likeness (QED) is 0.574. The molecule has 2 aromatic rings. The summed E-state index contributed by atoms with van der Waals surface area (Å²) in [4.78, 5) is 34.6. The largest absolute Gasteiger partial charge is 0.505 e. The van der Waals surface area contributed by atoms with Gasteiger partial charge in [0.15, 0.2) is 5.75 Å². The fraction of sp³-hybridized carbons (Fsp3) is 0.267. The van der Waals surface area contributed by atoms with Crippen molar-refractivity contribution in [3.63, 3.8) is 0 Å². The van der Waals surface area contributed by atoms with E-state index in [-0.39, 0.29) is 34.6 Å². The number of phenols is 1. The second kappa shape index (κ2) is 4.73. The van der Waals surface area contributed by atoms with E-state index in [9.17, 15) is 19.5 Å². The molecule has 0 saturated heterocycles. The smallest absolute Gasteiger partial charge is 0.255 e. The van der Waals surface area contributed by atoms with E-state index in [4.69, 9.17) is 0 Å². The molecule has 1 aliphatic carbocycles. The van der Waals surface area contributed by atoms with Crippen molar-refractivity contribution in [2.24, 2.45) is 0 Å². The van der Waals surface area contributed by atoms with E-state index in [0.717, 1.165) is 12.8 Å². The number of hydrogen-bond donors (Lipinski definition) is 3. The number of carbonyl (C=O) groups is 1. The second-order valence-electron chi connectivity index (χ2n) is 5.23. The van der Waals surface area contributed by atoms with Crippen molar-refractivity contribution in [3.8, 4) is 5.75 Å². The lowest BCUT2D eigenvalue weighted by molar-refractivity contribution is 0.0948. The summed E-state index contributed by atoms with van der Waals surface area (Å²) in [5.41, 5.74) is -0.279. The monoisotopic (exact) mass is 286 g/mol. The highest BCUT2D eigenvalue weighted by molar-refractivity contribution is 5.99. The van der Waals surface area contributed by atoms with Crippen LogP contribution in [-0.4, -0.2) is 17.1 Å². The van der Waals surface area contributed by atoms with Crippen molar-refractivity contribution in [3.05, 3.63) is 49.8 Å². The lowest BCUT2D eigenvalue weighted by Crippen LogP contribution is -2.36. The first-order valence-electron chi connectivity index (χ1n) is 6.69. The number of amides is 1. The van der Waals surface area contributed by atoms with Crippen LogP contribution in [0, 0.1) is 6.92 Å². The first kappa shape index (κ1) is 13.4. The van der Waals surface area contributed by atoms with Crippen LogP contribution in [0.15, 0.2) is 27.8 Å². The number of aromatic hydroxyl groups is 1. The molecular weight excluding hydrogens is 272 g/mol. The maximum atomic E-state index is 12.0. The maximum Gasteiger partial charge on any atom is 0.255 e. The molecule has 2 aromatic carbocycles. The molecular formula is C15H14N2O4. The number of nitrogens with one attached hydrogen (secondary N) is 2. The zero-order chi connectivity index (χ0) is 15.1. The summed E-state index contributed by atoms with van der Waals surface area (Å²) < 4.78 is 0. The predicted octanol–water partition coefficient (Wildman–Crippen LogP) is 0.932. The van der Waals surface area contributed by atoms with E-state index >= 15 is 0 Å². The van der Waals surface area contributed by atoms with E-state index in [1.54, 1.807) is 12.1 Å². The Morgan fingerprint density at radius 3 is 2.57 bits per heavy atom. The van der Waals surface area contributed by atoms with Gasteiger partial charge in [-0.3, -0.25) is 14.4 Å². The molecule has 1 aliphatic rings. The van der Waals surface area contributed by atoms with Gasteiger partial charge in [0, 0.05) is 11.6 Å². The van der Waals surface area contributed by atoms with E-state index in [1.165, 1.54) is 13.0 Å². The second-order valence-corrected chi connectivity index (χ2v) is 5.23. The number of hydrogen-bond acceptors (Lipinski definition) is 5. The summed E-state index contributed by atoms with van der Waals surface area (Å²) in [5, 5.41) is 15.7. The van der Waals surface area contributed by atoms with Crippen LogP contribution in [0.3, 0.4) is 0 Å². The maximum absolute atomic E-state index is 12.0. The summed E-state index contributed by atoms with van der Waals surface area (Å²) >= 11 is 0. The van der Waals surface area contributed by atoms with E-state index < -0.39 is 10.9 Å². The number of rotatable bonds is 4. The van der Waals surface area contributed by atoms with Crippen molar-refractivity contribution in [1.29, 1.82) is 0 Å². The molecule has 0 aliphatic heterocycles. The molecule has 6 nitrogen and oxygen atoms in total. The highest BCUT2D eigenvalue weighted by atomic mass is 16.3. The highest BCUT2D eigenvalue weighted by Crippen LogP contribution is 2.31. The number of phenolic OH excluding ortho intramolecular Hbond substituents is 1. The van der Waals surface area contributed by atoms with Crippen molar-refractivity contribution in [1.82, 2.24) is 5.32 Å². The molecule has 21 heavy (non-hydrogen) atoms. The van der Waals surface area contributed by atoms with Gasteiger partial charge in [-0.25, -0.2) is 0 Å². The molecule has 0 heterocycles. The molecule has 1 amide bonds. The van der Waals surface area contributed by atoms with Crippen molar-refractivity contribution < 1.29 is 9.90 Å². The van der Waals surface area contributed by atoms with Crippen LogP contribution < -0.4 is 21.5 Å². The molecule has 3 N–H and O–H groups in total. The van der Waals surface area contributed by atoms with Gasteiger partial charge >= 0.3 is 0 Å². The first-order chi connectivity index (χ1) is 9.99. The van der Waals surface area contributed by atoms with Gasteiger partial charge in [-0.05, 0) is 31.9 Å². The highest BCUT2D eigenvalue weighted by Gasteiger charge is 2.26. The molecule has 3 rings (SSSR count). The molecule has 1 fully saturated rings. The summed E-state index contributed by atoms with van der Waals surface area (Å²) in [6, 6.07) is 4.83. The molecule has 0 atom stereocenters. The van der Waals surface area contributed by atoms with Crippen LogP contribution in [0.4, 0.5) is 11.4 Å². The Morgan fingerprint density at radius 2 is 1.95 bits per heavy atom. The van der Waals surface area contributed by atoms with Crippen LogP contribution >= 0.6 is 0 Å². The third-order valence-electron chi connectivity index (χ3n) is 3.60. The lowest BCUT2D eigenvalue weighted by Gasteiger charge is -2.13. The Morgan fingerprint density at radius 1 is 1.24 bits per heavy atom. The van der Waals surface area contributed by atoms with E-state index in [2.05, 4.69) is 10.6 Å². The third kappa shape index (κ3) is 2.29. The van der Waals surface area contributed by atoms with Gasteiger partial charge in [0.25, 0.3) is 5.91 Å². The summed E-state index contributed by atoms with van der Waals surface area (Å²) in [5.74, 6) is -0.580. The van der Waals surface area contributed by atoms with Crippen LogP contribution in [0.25, 0.3) is 0 Å². The van der Waals surface area contributed by atoms with Crippen molar-refractivity contribution >= 4 is 17.3 Å². The number of anilines is 2. The minimum atomic E-state index is -0.611. The fourth-order valence-electron chi connectivity index (χ4n) is 2.11. The van der Waals surface area contributed by atoms with Crippen LogP contribution in [0.1, 0.15) is 28.8 Å². The van der Waals surface area contributed by atoms with Gasteiger partial charge in [-0.15, -0.1) is 0 Å². The molecule has 0 aromatic heterocycles.